The van der Waals surface area contributed by atoms with E-state index in [4.69, 9.17) is 0 Å². The average molecular weight is 515 g/mol. The van der Waals surface area contributed by atoms with E-state index in [1.807, 2.05) is 46.3 Å². The molecule has 3 heterocycles. The van der Waals surface area contributed by atoms with Crippen molar-refractivity contribution in [1.29, 1.82) is 0 Å². The molecule has 0 bridgehead atoms. The minimum absolute atomic E-state index is 0.251. The number of benzene rings is 2. The predicted octanol–water partition coefficient (Wildman–Crippen LogP) is 6.22. The van der Waals surface area contributed by atoms with Gasteiger partial charge in [-0.15, -0.1) is 32.9 Å². The van der Waals surface area contributed by atoms with Crippen molar-refractivity contribution in [2.45, 2.75) is 9.50 Å². The van der Waals surface area contributed by atoms with E-state index in [1.54, 1.807) is 29.5 Å². The molecule has 0 aliphatic rings. The first-order chi connectivity index (χ1) is 14.6. The monoisotopic (exact) mass is 514 g/mol. The normalized spacial score (nSPS) is 11.2. The SMILES string of the molecule is O=C(O)c1ccc2nc(Sc3nnc(-c4cccs4)n3-c3ccc(Br)cc3)sc2c1. The summed E-state index contributed by atoms with van der Waals surface area (Å²) < 4.78 is 4.60. The number of carbonyl (C=O) groups is 1. The van der Waals surface area contributed by atoms with E-state index in [2.05, 4.69) is 31.1 Å². The number of nitrogens with zero attached hydrogens (tertiary/aromatic N) is 4. The lowest BCUT2D eigenvalue weighted by Crippen LogP contribution is -1.98. The summed E-state index contributed by atoms with van der Waals surface area (Å²) >= 11 is 7.94. The number of carboxylic acid groups (broad SMARTS) is 1. The van der Waals surface area contributed by atoms with Gasteiger partial charge in [0.2, 0.25) is 5.16 Å². The third-order valence-electron chi connectivity index (χ3n) is 4.25. The van der Waals surface area contributed by atoms with Gasteiger partial charge in [0, 0.05) is 10.2 Å². The molecule has 5 aromatic rings. The number of hydrogen-bond acceptors (Lipinski definition) is 7. The van der Waals surface area contributed by atoms with Gasteiger partial charge >= 0.3 is 5.97 Å². The molecular weight excluding hydrogens is 504 g/mol. The Morgan fingerprint density at radius 1 is 1.10 bits per heavy atom. The lowest BCUT2D eigenvalue weighted by Gasteiger charge is -2.08. The van der Waals surface area contributed by atoms with Crippen LogP contribution in [0.2, 0.25) is 0 Å². The largest absolute Gasteiger partial charge is 0.478 e. The van der Waals surface area contributed by atoms with E-state index in [9.17, 15) is 9.90 Å². The Bertz CT molecular complexity index is 1360. The van der Waals surface area contributed by atoms with Crippen molar-refractivity contribution in [3.8, 4) is 16.4 Å². The molecule has 5 rings (SSSR count). The van der Waals surface area contributed by atoms with E-state index in [0.29, 0.717) is 5.16 Å². The fourth-order valence-electron chi connectivity index (χ4n) is 2.88. The molecule has 0 saturated heterocycles. The molecule has 0 fully saturated rings. The highest BCUT2D eigenvalue weighted by molar-refractivity contribution is 9.10. The first-order valence-corrected chi connectivity index (χ1v) is 12.0. The highest BCUT2D eigenvalue weighted by atomic mass is 79.9. The number of aromatic carboxylic acids is 1. The second-order valence-electron chi connectivity index (χ2n) is 6.16. The number of aromatic nitrogens is 4. The minimum Gasteiger partial charge on any atom is -0.478 e. The Kier molecular flexibility index (Phi) is 5.15. The number of fused-ring (bicyclic) bond motifs is 1. The van der Waals surface area contributed by atoms with E-state index in [0.717, 1.165) is 35.4 Å². The standard InChI is InChI=1S/C20H11BrN4O2S3/c21-12-4-6-13(7-5-12)25-17(15-2-1-9-28-15)23-24-19(25)30-20-22-14-8-3-11(18(26)27)10-16(14)29-20/h1-10H,(H,26,27). The predicted molar refractivity (Wildman–Crippen MR) is 123 cm³/mol. The highest BCUT2D eigenvalue weighted by Gasteiger charge is 2.19. The number of thiazole rings is 1. The number of thiophene rings is 1. The summed E-state index contributed by atoms with van der Waals surface area (Å²) in [6.45, 7) is 0. The maximum Gasteiger partial charge on any atom is 0.335 e. The molecular formula is C20H11BrN4O2S3. The Hall–Kier alpha value is -2.53. The third kappa shape index (κ3) is 3.67. The van der Waals surface area contributed by atoms with Crippen LogP contribution in [0, 0.1) is 0 Å². The number of rotatable bonds is 5. The van der Waals surface area contributed by atoms with Crippen molar-refractivity contribution in [2.24, 2.45) is 0 Å². The lowest BCUT2D eigenvalue weighted by molar-refractivity contribution is 0.0697. The molecule has 1 N–H and O–H groups in total. The van der Waals surface area contributed by atoms with Crippen molar-refractivity contribution in [3.63, 3.8) is 0 Å². The summed E-state index contributed by atoms with van der Waals surface area (Å²) in [5, 5.41) is 20.8. The first kappa shape index (κ1) is 19.4. The van der Waals surface area contributed by atoms with Crippen LogP contribution in [0.3, 0.4) is 0 Å². The minimum atomic E-state index is -0.949. The molecule has 0 aliphatic heterocycles. The fraction of sp³-hybridized carbons (Fsp3) is 0. The van der Waals surface area contributed by atoms with Gasteiger partial charge in [-0.1, -0.05) is 22.0 Å². The van der Waals surface area contributed by atoms with Crippen LogP contribution in [0.5, 0.6) is 0 Å². The summed E-state index contributed by atoms with van der Waals surface area (Å²) in [5.74, 6) is -0.181. The van der Waals surface area contributed by atoms with Gasteiger partial charge in [0.15, 0.2) is 10.2 Å². The van der Waals surface area contributed by atoms with E-state index in [1.165, 1.54) is 23.1 Å². The molecule has 6 nitrogen and oxygen atoms in total. The maximum absolute atomic E-state index is 11.2. The third-order valence-corrected chi connectivity index (χ3v) is 7.67. The molecule has 0 spiro atoms. The topological polar surface area (TPSA) is 80.9 Å². The van der Waals surface area contributed by atoms with Crippen LogP contribution >= 0.6 is 50.4 Å². The molecule has 0 atom stereocenters. The van der Waals surface area contributed by atoms with Crippen molar-refractivity contribution < 1.29 is 9.90 Å². The molecule has 2 aromatic carbocycles. The highest BCUT2D eigenvalue weighted by Crippen LogP contribution is 2.37. The first-order valence-electron chi connectivity index (χ1n) is 8.65. The summed E-state index contributed by atoms with van der Waals surface area (Å²) in [5.41, 5.74) is 1.96. The van der Waals surface area contributed by atoms with Gasteiger partial charge in [-0.25, -0.2) is 9.78 Å². The smallest absolute Gasteiger partial charge is 0.335 e. The summed E-state index contributed by atoms with van der Waals surface area (Å²) in [6, 6.07) is 16.9. The van der Waals surface area contributed by atoms with Crippen LogP contribution in [0.4, 0.5) is 0 Å². The van der Waals surface area contributed by atoms with Crippen LogP contribution in [0.15, 0.2) is 73.9 Å². The molecule has 0 radical (unpaired) electrons. The number of carboxylic acids is 1. The van der Waals surface area contributed by atoms with Crippen molar-refractivity contribution in [3.05, 3.63) is 70.0 Å². The molecule has 148 valence electrons. The quantitative estimate of drug-likeness (QED) is 0.300. The van der Waals surface area contributed by atoms with Crippen LogP contribution in [0.25, 0.3) is 26.6 Å². The summed E-state index contributed by atoms with van der Waals surface area (Å²) in [4.78, 5) is 16.9. The Labute approximate surface area is 191 Å². The zero-order valence-electron chi connectivity index (χ0n) is 15.0. The second kappa shape index (κ2) is 7.95. The van der Waals surface area contributed by atoms with E-state index in [-0.39, 0.29) is 5.56 Å². The zero-order chi connectivity index (χ0) is 20.7. The maximum atomic E-state index is 11.2. The molecule has 3 aromatic heterocycles. The number of hydrogen-bond donors (Lipinski definition) is 1. The molecule has 0 amide bonds. The Morgan fingerprint density at radius 3 is 2.67 bits per heavy atom. The van der Waals surface area contributed by atoms with Crippen LogP contribution in [-0.2, 0) is 0 Å². The van der Waals surface area contributed by atoms with Crippen molar-refractivity contribution in [1.82, 2.24) is 19.7 Å². The van der Waals surface area contributed by atoms with Gasteiger partial charge in [0.1, 0.15) is 0 Å². The second-order valence-corrected chi connectivity index (χ2v) is 10.3. The van der Waals surface area contributed by atoms with E-state index >= 15 is 0 Å². The zero-order valence-corrected chi connectivity index (χ0v) is 19.1. The molecule has 0 saturated carbocycles. The molecule has 30 heavy (non-hydrogen) atoms. The van der Waals surface area contributed by atoms with Gasteiger partial charge in [-0.2, -0.15) is 0 Å². The van der Waals surface area contributed by atoms with Gasteiger partial charge in [-0.3, -0.25) is 4.57 Å². The molecule has 0 unspecified atom stereocenters. The Morgan fingerprint density at radius 2 is 1.93 bits per heavy atom. The van der Waals surface area contributed by atoms with Gasteiger partial charge in [0.25, 0.3) is 0 Å². The van der Waals surface area contributed by atoms with Crippen molar-refractivity contribution >= 4 is 66.6 Å². The average Bonchev–Trinajstić information content (AvgIpc) is 3.47. The lowest BCUT2D eigenvalue weighted by atomic mass is 10.2. The van der Waals surface area contributed by atoms with Crippen LogP contribution in [-0.4, -0.2) is 30.8 Å². The van der Waals surface area contributed by atoms with Crippen molar-refractivity contribution in [2.75, 3.05) is 0 Å². The fourth-order valence-corrected chi connectivity index (χ4v) is 5.91. The molecule has 10 heteroatoms. The van der Waals surface area contributed by atoms with E-state index < -0.39 is 5.97 Å². The summed E-state index contributed by atoms with van der Waals surface area (Å²) in [7, 11) is 0. The van der Waals surface area contributed by atoms with Gasteiger partial charge in [0.05, 0.1) is 20.7 Å². The van der Waals surface area contributed by atoms with Gasteiger partial charge < -0.3 is 5.11 Å². The van der Waals surface area contributed by atoms with Crippen LogP contribution < -0.4 is 0 Å². The summed E-state index contributed by atoms with van der Waals surface area (Å²) in [6.07, 6.45) is 0. The number of halogens is 1. The molecule has 0 aliphatic carbocycles. The van der Waals surface area contributed by atoms with Gasteiger partial charge in [-0.05, 0) is 65.7 Å². The van der Waals surface area contributed by atoms with Crippen LogP contribution in [0.1, 0.15) is 10.4 Å². The Balaban J connectivity index is 1.58.